The molecule has 3 heteroatoms. The minimum atomic E-state index is -0.418. The van der Waals surface area contributed by atoms with Crippen molar-refractivity contribution < 1.29 is 9.53 Å². The SMILES string of the molecule is CCC[C@]1(c2ccccc2)CCNC(=O)O1. The van der Waals surface area contributed by atoms with E-state index in [9.17, 15) is 4.79 Å². The molecule has 1 aliphatic heterocycles. The molecule has 1 atom stereocenters. The van der Waals surface area contributed by atoms with Crippen LogP contribution in [0, 0.1) is 0 Å². The lowest BCUT2D eigenvalue weighted by molar-refractivity contribution is -0.0240. The van der Waals surface area contributed by atoms with Crippen molar-refractivity contribution in [2.24, 2.45) is 0 Å². The Kier molecular flexibility index (Phi) is 3.13. The predicted octanol–water partition coefficient (Wildman–Crippen LogP) is 2.81. The number of carbonyl (C=O) groups excluding carboxylic acids is 1. The largest absolute Gasteiger partial charge is 0.438 e. The molecule has 1 aromatic carbocycles. The van der Waals surface area contributed by atoms with Crippen molar-refractivity contribution in [2.75, 3.05) is 6.54 Å². The second-order valence-corrected chi connectivity index (χ2v) is 4.18. The highest BCUT2D eigenvalue weighted by atomic mass is 16.6. The average Bonchev–Trinajstić information content (AvgIpc) is 2.31. The highest BCUT2D eigenvalue weighted by molar-refractivity contribution is 5.68. The van der Waals surface area contributed by atoms with Crippen LogP contribution in [0.15, 0.2) is 30.3 Å². The number of nitrogens with one attached hydrogen (secondary N) is 1. The van der Waals surface area contributed by atoms with Crippen molar-refractivity contribution in [3.8, 4) is 0 Å². The summed E-state index contributed by atoms with van der Waals surface area (Å²) in [7, 11) is 0. The van der Waals surface area contributed by atoms with Crippen molar-refractivity contribution >= 4 is 6.09 Å². The van der Waals surface area contributed by atoms with E-state index in [0.29, 0.717) is 6.54 Å². The summed E-state index contributed by atoms with van der Waals surface area (Å²) >= 11 is 0. The molecule has 0 bridgehead atoms. The smallest absolute Gasteiger partial charge is 0.408 e. The second kappa shape index (κ2) is 4.56. The third-order valence-corrected chi connectivity index (χ3v) is 3.04. The van der Waals surface area contributed by atoms with Gasteiger partial charge in [0.15, 0.2) is 0 Å². The fourth-order valence-corrected chi connectivity index (χ4v) is 2.30. The Balaban J connectivity index is 2.31. The monoisotopic (exact) mass is 219 g/mol. The van der Waals surface area contributed by atoms with Crippen molar-refractivity contribution in [1.82, 2.24) is 5.32 Å². The molecule has 0 spiro atoms. The van der Waals surface area contributed by atoms with Gasteiger partial charge in [-0.2, -0.15) is 0 Å². The summed E-state index contributed by atoms with van der Waals surface area (Å²) in [6, 6.07) is 10.0. The fraction of sp³-hybridized carbons (Fsp3) is 0.462. The summed E-state index contributed by atoms with van der Waals surface area (Å²) in [6.45, 7) is 2.80. The standard InChI is InChI=1S/C13H17NO2/c1-2-8-13(9-10-14-12(15)16-13)11-6-4-3-5-7-11/h3-7H,2,8-10H2,1H3,(H,14,15)/t13-/m1/s1. The Bertz CT molecular complexity index is 359. The maximum Gasteiger partial charge on any atom is 0.408 e. The molecule has 0 unspecified atom stereocenters. The lowest BCUT2D eigenvalue weighted by Crippen LogP contribution is -2.45. The maximum atomic E-state index is 11.4. The molecular weight excluding hydrogens is 202 g/mol. The molecule has 3 nitrogen and oxygen atoms in total. The highest BCUT2D eigenvalue weighted by Gasteiger charge is 2.38. The molecule has 0 saturated carbocycles. The molecule has 1 fully saturated rings. The third kappa shape index (κ3) is 2.03. The van der Waals surface area contributed by atoms with Gasteiger partial charge in [0.25, 0.3) is 0 Å². The van der Waals surface area contributed by atoms with E-state index in [1.807, 2.05) is 30.3 Å². The zero-order chi connectivity index (χ0) is 11.4. The van der Waals surface area contributed by atoms with E-state index in [2.05, 4.69) is 12.2 Å². The number of ether oxygens (including phenoxy) is 1. The van der Waals surface area contributed by atoms with Gasteiger partial charge in [0.05, 0.1) is 0 Å². The van der Waals surface area contributed by atoms with Crippen LogP contribution < -0.4 is 5.32 Å². The molecular formula is C13H17NO2. The number of benzene rings is 1. The van der Waals surface area contributed by atoms with Crippen LogP contribution in [0.25, 0.3) is 0 Å². The third-order valence-electron chi connectivity index (χ3n) is 3.04. The predicted molar refractivity (Wildman–Crippen MR) is 62.1 cm³/mol. The molecule has 1 N–H and O–H groups in total. The minimum Gasteiger partial charge on any atom is -0.438 e. The number of hydrogen-bond acceptors (Lipinski definition) is 2. The summed E-state index contributed by atoms with van der Waals surface area (Å²) in [5.41, 5.74) is 0.685. The number of rotatable bonds is 3. The first-order valence-electron chi connectivity index (χ1n) is 5.79. The molecule has 1 saturated heterocycles. The molecule has 0 aliphatic carbocycles. The zero-order valence-corrected chi connectivity index (χ0v) is 9.53. The Hall–Kier alpha value is -1.51. The van der Waals surface area contributed by atoms with Crippen LogP contribution in [0.3, 0.4) is 0 Å². The molecule has 2 rings (SSSR count). The Labute approximate surface area is 95.8 Å². The zero-order valence-electron chi connectivity index (χ0n) is 9.53. The van der Waals surface area contributed by atoms with Gasteiger partial charge in [0.1, 0.15) is 5.60 Å². The van der Waals surface area contributed by atoms with Crippen LogP contribution in [0.2, 0.25) is 0 Å². The molecule has 1 amide bonds. The average molecular weight is 219 g/mol. The first kappa shape index (κ1) is 11.0. The summed E-state index contributed by atoms with van der Waals surface area (Å²) in [6.07, 6.45) is 2.42. The first-order chi connectivity index (χ1) is 7.77. The summed E-state index contributed by atoms with van der Waals surface area (Å²) in [5.74, 6) is 0. The molecule has 86 valence electrons. The summed E-state index contributed by atoms with van der Waals surface area (Å²) < 4.78 is 5.55. The van der Waals surface area contributed by atoms with Gasteiger partial charge in [-0.25, -0.2) is 4.79 Å². The van der Waals surface area contributed by atoms with Gasteiger partial charge in [-0.05, 0) is 12.0 Å². The molecule has 0 aromatic heterocycles. The van der Waals surface area contributed by atoms with Gasteiger partial charge in [-0.3, -0.25) is 0 Å². The number of hydrogen-bond donors (Lipinski definition) is 1. The lowest BCUT2D eigenvalue weighted by Gasteiger charge is -2.37. The van der Waals surface area contributed by atoms with E-state index in [0.717, 1.165) is 24.8 Å². The molecule has 1 heterocycles. The van der Waals surface area contributed by atoms with Crippen molar-refractivity contribution in [2.45, 2.75) is 31.8 Å². The number of cyclic esters (lactones) is 1. The van der Waals surface area contributed by atoms with Crippen LogP contribution in [0.1, 0.15) is 31.7 Å². The fourth-order valence-electron chi connectivity index (χ4n) is 2.30. The first-order valence-corrected chi connectivity index (χ1v) is 5.79. The summed E-state index contributed by atoms with van der Waals surface area (Å²) in [4.78, 5) is 11.4. The second-order valence-electron chi connectivity index (χ2n) is 4.18. The van der Waals surface area contributed by atoms with Crippen LogP contribution >= 0.6 is 0 Å². The number of alkyl carbamates (subject to hydrolysis) is 1. The van der Waals surface area contributed by atoms with Gasteiger partial charge < -0.3 is 10.1 Å². The minimum absolute atomic E-state index is 0.302. The molecule has 1 aromatic rings. The lowest BCUT2D eigenvalue weighted by atomic mass is 9.85. The number of amides is 1. The van der Waals surface area contributed by atoms with Crippen molar-refractivity contribution in [1.29, 1.82) is 0 Å². The highest BCUT2D eigenvalue weighted by Crippen LogP contribution is 2.35. The van der Waals surface area contributed by atoms with Gasteiger partial charge >= 0.3 is 6.09 Å². The van der Waals surface area contributed by atoms with Gasteiger partial charge in [0, 0.05) is 13.0 Å². The normalized spacial score (nSPS) is 24.7. The topological polar surface area (TPSA) is 38.3 Å². The molecule has 0 radical (unpaired) electrons. The van der Waals surface area contributed by atoms with E-state index < -0.39 is 5.60 Å². The van der Waals surface area contributed by atoms with E-state index in [4.69, 9.17) is 4.74 Å². The van der Waals surface area contributed by atoms with Crippen molar-refractivity contribution in [3.05, 3.63) is 35.9 Å². The van der Waals surface area contributed by atoms with Crippen LogP contribution in [0.5, 0.6) is 0 Å². The summed E-state index contributed by atoms with van der Waals surface area (Å²) in [5, 5.41) is 2.70. The van der Waals surface area contributed by atoms with E-state index in [1.165, 1.54) is 0 Å². The molecule has 1 aliphatic rings. The van der Waals surface area contributed by atoms with Gasteiger partial charge in [-0.1, -0.05) is 43.7 Å². The Morgan fingerprint density at radius 2 is 2.12 bits per heavy atom. The van der Waals surface area contributed by atoms with Gasteiger partial charge in [0.2, 0.25) is 0 Å². The van der Waals surface area contributed by atoms with Crippen LogP contribution in [-0.2, 0) is 10.3 Å². The van der Waals surface area contributed by atoms with E-state index in [1.54, 1.807) is 0 Å². The molecule has 16 heavy (non-hydrogen) atoms. The van der Waals surface area contributed by atoms with Crippen LogP contribution in [0.4, 0.5) is 4.79 Å². The Morgan fingerprint density at radius 3 is 2.75 bits per heavy atom. The quantitative estimate of drug-likeness (QED) is 0.848. The van der Waals surface area contributed by atoms with Crippen molar-refractivity contribution in [3.63, 3.8) is 0 Å². The van der Waals surface area contributed by atoms with Crippen LogP contribution in [-0.4, -0.2) is 12.6 Å². The van der Waals surface area contributed by atoms with Gasteiger partial charge in [-0.15, -0.1) is 0 Å². The van der Waals surface area contributed by atoms with E-state index in [-0.39, 0.29) is 6.09 Å². The van der Waals surface area contributed by atoms with E-state index >= 15 is 0 Å². The maximum absolute atomic E-state index is 11.4. The number of carbonyl (C=O) groups is 1. The Morgan fingerprint density at radius 1 is 1.38 bits per heavy atom.